The van der Waals surface area contributed by atoms with E-state index in [4.69, 9.17) is 4.42 Å². The Morgan fingerprint density at radius 1 is 0.219 bits per heavy atom. The lowest BCUT2D eigenvalue weighted by atomic mass is 9.84. The van der Waals surface area contributed by atoms with Crippen molar-refractivity contribution in [2.24, 2.45) is 0 Å². The standard InChI is InChI=1S/C62H39NO/c1-2-14-40(15-3-1)41-26-31-44(32-27-41)63(46-35-36-53-49-18-5-4-16-47(49)48-17-6-7-21-52(48)57(53)39-46)45-33-28-42(29-34-45)61-55-23-10-8-19-50(55)51-20-9-11-24-56(51)62(61)43-30-37-60-58(38-43)54-22-12-13-25-59(54)64-60/h1-39H. The van der Waals surface area contributed by atoms with Crippen LogP contribution in [0.1, 0.15) is 0 Å². The highest BCUT2D eigenvalue weighted by Crippen LogP contribution is 2.47. The van der Waals surface area contributed by atoms with Crippen LogP contribution in [0.5, 0.6) is 0 Å². The van der Waals surface area contributed by atoms with Crippen LogP contribution in [0.3, 0.4) is 0 Å². The number of nitrogens with zero attached hydrogens (tertiary/aromatic N) is 1. The minimum atomic E-state index is 0.896. The number of para-hydroxylation sites is 1. The Morgan fingerprint density at radius 2 is 0.609 bits per heavy atom. The van der Waals surface area contributed by atoms with Gasteiger partial charge in [0.05, 0.1) is 0 Å². The van der Waals surface area contributed by atoms with Crippen LogP contribution in [0.2, 0.25) is 0 Å². The molecule has 1 heterocycles. The summed E-state index contributed by atoms with van der Waals surface area (Å²) in [7, 11) is 0. The summed E-state index contributed by atoms with van der Waals surface area (Å²) in [5, 5.41) is 14.7. The lowest BCUT2D eigenvalue weighted by molar-refractivity contribution is 0.669. The summed E-state index contributed by atoms with van der Waals surface area (Å²) < 4.78 is 6.31. The van der Waals surface area contributed by atoms with E-state index in [1.165, 1.54) is 76.1 Å². The Kier molecular flexibility index (Phi) is 8.25. The molecule has 0 bridgehead atoms. The Balaban J connectivity index is 1.02. The summed E-state index contributed by atoms with van der Waals surface area (Å²) in [5.74, 6) is 0. The Labute approximate surface area is 370 Å². The molecule has 12 aromatic carbocycles. The second kappa shape index (κ2) is 14.6. The monoisotopic (exact) mass is 813 g/mol. The highest BCUT2D eigenvalue weighted by molar-refractivity contribution is 6.26. The second-order valence-corrected chi connectivity index (χ2v) is 16.8. The number of hydrogen-bond acceptors (Lipinski definition) is 2. The highest BCUT2D eigenvalue weighted by Gasteiger charge is 2.21. The van der Waals surface area contributed by atoms with Crippen LogP contribution < -0.4 is 4.90 Å². The highest BCUT2D eigenvalue weighted by atomic mass is 16.3. The third-order valence-corrected chi connectivity index (χ3v) is 13.2. The van der Waals surface area contributed by atoms with Gasteiger partial charge in [-0.05, 0) is 142 Å². The summed E-state index contributed by atoms with van der Waals surface area (Å²) in [6.07, 6.45) is 0. The molecular weight excluding hydrogens is 775 g/mol. The fraction of sp³-hybridized carbons (Fsp3) is 0. The Bertz CT molecular complexity index is 3900. The van der Waals surface area contributed by atoms with Crippen LogP contribution in [0.15, 0.2) is 241 Å². The third-order valence-electron chi connectivity index (χ3n) is 13.2. The zero-order chi connectivity index (χ0) is 42.1. The quantitative estimate of drug-likeness (QED) is 0.156. The topological polar surface area (TPSA) is 16.4 Å². The molecule has 0 atom stereocenters. The second-order valence-electron chi connectivity index (χ2n) is 16.8. The SMILES string of the molecule is c1ccc(-c2ccc(N(c3ccc(-c4c(-c5ccc6oc7ccccc7c6c5)c5ccccc5c5ccccc45)cc3)c3ccc4c5ccccc5c5ccccc5c4c3)cc2)cc1. The van der Waals surface area contributed by atoms with Gasteiger partial charge in [0, 0.05) is 27.8 Å². The predicted octanol–water partition coefficient (Wildman–Crippen LogP) is 17.8. The molecule has 0 spiro atoms. The van der Waals surface area contributed by atoms with Crippen molar-refractivity contribution in [1.29, 1.82) is 0 Å². The van der Waals surface area contributed by atoms with Crippen molar-refractivity contribution in [3.05, 3.63) is 237 Å². The van der Waals surface area contributed by atoms with Crippen molar-refractivity contribution in [3.8, 4) is 33.4 Å². The minimum Gasteiger partial charge on any atom is -0.456 e. The van der Waals surface area contributed by atoms with E-state index in [1.54, 1.807) is 0 Å². The van der Waals surface area contributed by atoms with Crippen LogP contribution in [-0.2, 0) is 0 Å². The molecular formula is C62H39NO. The Morgan fingerprint density at radius 3 is 1.20 bits per heavy atom. The minimum absolute atomic E-state index is 0.896. The molecule has 0 radical (unpaired) electrons. The molecule has 0 amide bonds. The van der Waals surface area contributed by atoms with Crippen LogP contribution in [0, 0.1) is 0 Å². The van der Waals surface area contributed by atoms with Gasteiger partial charge in [-0.15, -0.1) is 0 Å². The van der Waals surface area contributed by atoms with Crippen molar-refractivity contribution in [3.63, 3.8) is 0 Å². The van der Waals surface area contributed by atoms with Crippen LogP contribution >= 0.6 is 0 Å². The van der Waals surface area contributed by atoms with Gasteiger partial charge >= 0.3 is 0 Å². The molecule has 0 saturated carbocycles. The Hall–Kier alpha value is -8.46. The lowest BCUT2D eigenvalue weighted by Gasteiger charge is -2.27. The summed E-state index contributed by atoms with van der Waals surface area (Å²) in [6.45, 7) is 0. The fourth-order valence-corrected chi connectivity index (χ4v) is 10.3. The zero-order valence-electron chi connectivity index (χ0n) is 34.9. The first-order valence-corrected chi connectivity index (χ1v) is 22.0. The van der Waals surface area contributed by atoms with Crippen LogP contribution in [0.4, 0.5) is 17.1 Å². The molecule has 0 aliphatic rings. The maximum absolute atomic E-state index is 6.31. The number of anilines is 3. The van der Waals surface area contributed by atoms with E-state index in [9.17, 15) is 0 Å². The van der Waals surface area contributed by atoms with Crippen molar-refractivity contribution < 1.29 is 4.42 Å². The molecule has 2 nitrogen and oxygen atoms in total. The average Bonchev–Trinajstić information content (AvgIpc) is 3.75. The van der Waals surface area contributed by atoms with E-state index >= 15 is 0 Å². The van der Waals surface area contributed by atoms with Gasteiger partial charge in [-0.3, -0.25) is 0 Å². The van der Waals surface area contributed by atoms with Crippen molar-refractivity contribution in [2.45, 2.75) is 0 Å². The third kappa shape index (κ3) is 5.73. The maximum atomic E-state index is 6.31. The molecule has 13 aromatic rings. The van der Waals surface area contributed by atoms with Gasteiger partial charge < -0.3 is 9.32 Å². The van der Waals surface area contributed by atoms with E-state index in [-0.39, 0.29) is 0 Å². The molecule has 0 fully saturated rings. The fourth-order valence-electron chi connectivity index (χ4n) is 10.3. The van der Waals surface area contributed by atoms with Gasteiger partial charge in [0.2, 0.25) is 0 Å². The van der Waals surface area contributed by atoms with E-state index in [0.29, 0.717) is 0 Å². The molecule has 0 N–H and O–H groups in total. The first-order chi connectivity index (χ1) is 31.7. The molecule has 0 aliphatic heterocycles. The van der Waals surface area contributed by atoms with E-state index in [1.807, 2.05) is 6.07 Å². The molecule has 13 rings (SSSR count). The number of rotatable bonds is 6. The molecule has 298 valence electrons. The number of fused-ring (bicyclic) bond motifs is 12. The first kappa shape index (κ1) is 36.2. The van der Waals surface area contributed by atoms with Gasteiger partial charge in [-0.2, -0.15) is 0 Å². The van der Waals surface area contributed by atoms with Gasteiger partial charge in [0.1, 0.15) is 11.2 Å². The van der Waals surface area contributed by atoms with E-state index < -0.39 is 0 Å². The van der Waals surface area contributed by atoms with E-state index in [0.717, 1.165) is 50.1 Å². The van der Waals surface area contributed by atoms with Gasteiger partial charge in [-0.1, -0.05) is 182 Å². The summed E-state index contributed by atoms with van der Waals surface area (Å²) >= 11 is 0. The van der Waals surface area contributed by atoms with E-state index in [2.05, 4.69) is 235 Å². The molecule has 0 unspecified atom stereocenters. The number of hydrogen-bond donors (Lipinski definition) is 0. The predicted molar refractivity (Wildman–Crippen MR) is 272 cm³/mol. The molecule has 1 aromatic heterocycles. The van der Waals surface area contributed by atoms with Crippen molar-refractivity contribution in [2.75, 3.05) is 4.90 Å². The normalized spacial score (nSPS) is 11.8. The molecule has 64 heavy (non-hydrogen) atoms. The van der Waals surface area contributed by atoms with Crippen molar-refractivity contribution >= 4 is 92.9 Å². The smallest absolute Gasteiger partial charge is 0.135 e. The number of benzene rings is 12. The van der Waals surface area contributed by atoms with Crippen LogP contribution in [-0.4, -0.2) is 0 Å². The van der Waals surface area contributed by atoms with Gasteiger partial charge in [0.15, 0.2) is 0 Å². The lowest BCUT2D eigenvalue weighted by Crippen LogP contribution is -2.10. The van der Waals surface area contributed by atoms with Crippen molar-refractivity contribution in [1.82, 2.24) is 0 Å². The first-order valence-electron chi connectivity index (χ1n) is 22.0. The van der Waals surface area contributed by atoms with Gasteiger partial charge in [0.25, 0.3) is 0 Å². The average molecular weight is 814 g/mol. The zero-order valence-corrected chi connectivity index (χ0v) is 34.9. The number of furan rings is 1. The molecule has 0 saturated heterocycles. The summed E-state index contributed by atoms with van der Waals surface area (Å²) in [6, 6.07) is 86.1. The molecule has 2 heteroatoms. The molecule has 0 aliphatic carbocycles. The van der Waals surface area contributed by atoms with Crippen LogP contribution in [0.25, 0.3) is 109 Å². The summed E-state index contributed by atoms with van der Waals surface area (Å²) in [4.78, 5) is 2.40. The largest absolute Gasteiger partial charge is 0.456 e. The summed E-state index contributed by atoms with van der Waals surface area (Å²) in [5.41, 5.74) is 12.2. The van der Waals surface area contributed by atoms with Gasteiger partial charge in [-0.25, -0.2) is 0 Å². The maximum Gasteiger partial charge on any atom is 0.135 e.